The monoisotopic (exact) mass is 426 g/mol. The van der Waals surface area contributed by atoms with E-state index in [1.54, 1.807) is 0 Å². The molecule has 138 valence electrons. The van der Waals surface area contributed by atoms with Gasteiger partial charge in [0.25, 0.3) is 5.56 Å². The number of imidazole rings is 1. The fourth-order valence-electron chi connectivity index (χ4n) is 3.87. The molecule has 0 aliphatic carbocycles. The molecule has 1 saturated heterocycles. The van der Waals surface area contributed by atoms with Crippen LogP contribution >= 0.6 is 15.9 Å². The second-order valence-corrected chi connectivity index (χ2v) is 7.64. The zero-order valence-electron chi connectivity index (χ0n) is 14.8. The number of rotatable bonds is 3. The average molecular weight is 427 g/mol. The zero-order chi connectivity index (χ0) is 18.4. The Morgan fingerprint density at radius 3 is 2.78 bits per heavy atom. The molecule has 3 aromatic heterocycles. The fraction of sp³-hybridized carbons (Fsp3) is 0.300. The van der Waals surface area contributed by atoms with Crippen molar-refractivity contribution in [2.24, 2.45) is 0 Å². The highest BCUT2D eigenvalue weighted by Crippen LogP contribution is 2.29. The number of halogens is 1. The first-order chi connectivity index (χ1) is 13.2. The van der Waals surface area contributed by atoms with Crippen LogP contribution in [0.3, 0.4) is 0 Å². The summed E-state index contributed by atoms with van der Waals surface area (Å²) in [6.45, 7) is 4.77. The Kier molecular flexibility index (Phi) is 4.22. The molecule has 5 rings (SSSR count). The molecule has 0 atom stereocenters. The maximum atomic E-state index is 13.4. The number of ether oxygens (including phenoxy) is 1. The van der Waals surface area contributed by atoms with E-state index < -0.39 is 0 Å². The van der Waals surface area contributed by atoms with E-state index in [9.17, 15) is 4.79 Å². The van der Waals surface area contributed by atoms with Gasteiger partial charge in [0.05, 0.1) is 18.6 Å². The summed E-state index contributed by atoms with van der Waals surface area (Å²) in [6.07, 6.45) is 1.97. The third-order valence-electron chi connectivity index (χ3n) is 5.23. The maximum absolute atomic E-state index is 13.4. The largest absolute Gasteiger partial charge is 0.379 e. The van der Waals surface area contributed by atoms with Crippen molar-refractivity contribution >= 4 is 43.5 Å². The molecule has 0 radical (unpaired) electrons. The molecule has 0 saturated carbocycles. The molecule has 0 N–H and O–H groups in total. The molecular weight excluding hydrogens is 408 g/mol. The fourth-order valence-corrected chi connectivity index (χ4v) is 4.42. The molecule has 0 spiro atoms. The Labute approximate surface area is 164 Å². The van der Waals surface area contributed by atoms with Crippen molar-refractivity contribution in [2.45, 2.75) is 6.54 Å². The SMILES string of the molecule is O=c1c2cccc(Br)c2c2nc3ccccn3c2n1CCN1CCOCC1. The van der Waals surface area contributed by atoms with E-state index in [0.29, 0.717) is 11.9 Å². The van der Waals surface area contributed by atoms with Crippen LogP contribution < -0.4 is 5.56 Å². The first-order valence-corrected chi connectivity index (χ1v) is 9.91. The predicted molar refractivity (Wildman–Crippen MR) is 109 cm³/mol. The Morgan fingerprint density at radius 1 is 1.07 bits per heavy atom. The van der Waals surface area contributed by atoms with Gasteiger partial charge in [0.1, 0.15) is 16.8 Å². The average Bonchev–Trinajstić information content (AvgIpc) is 3.08. The minimum absolute atomic E-state index is 0.0257. The first-order valence-electron chi connectivity index (χ1n) is 9.12. The molecule has 1 fully saturated rings. The van der Waals surface area contributed by atoms with Gasteiger partial charge >= 0.3 is 0 Å². The predicted octanol–water partition coefficient (Wildman–Crippen LogP) is 2.90. The summed E-state index contributed by atoms with van der Waals surface area (Å²) in [5.74, 6) is 0. The van der Waals surface area contributed by atoms with E-state index in [1.807, 2.05) is 51.6 Å². The maximum Gasteiger partial charge on any atom is 0.260 e. The van der Waals surface area contributed by atoms with Gasteiger partial charge in [-0.1, -0.05) is 28.1 Å². The molecule has 27 heavy (non-hydrogen) atoms. The summed E-state index contributed by atoms with van der Waals surface area (Å²) < 4.78 is 10.2. The molecule has 0 unspecified atom stereocenters. The molecule has 0 bridgehead atoms. The number of nitrogens with zero attached hydrogens (tertiary/aromatic N) is 4. The summed E-state index contributed by atoms with van der Waals surface area (Å²) in [7, 11) is 0. The van der Waals surface area contributed by atoms with Gasteiger partial charge in [-0.15, -0.1) is 0 Å². The lowest BCUT2D eigenvalue weighted by atomic mass is 10.1. The van der Waals surface area contributed by atoms with Crippen molar-refractivity contribution in [3.8, 4) is 0 Å². The summed E-state index contributed by atoms with van der Waals surface area (Å²) >= 11 is 3.62. The Bertz CT molecular complexity index is 1210. The van der Waals surface area contributed by atoms with Gasteiger partial charge in [0.15, 0.2) is 0 Å². The summed E-state index contributed by atoms with van der Waals surface area (Å²) in [4.78, 5) is 20.6. The van der Waals surface area contributed by atoms with Crippen molar-refractivity contribution in [2.75, 3.05) is 32.8 Å². The molecule has 1 aliphatic heterocycles. The molecule has 4 heterocycles. The van der Waals surface area contributed by atoms with Gasteiger partial charge in [0.2, 0.25) is 0 Å². The first kappa shape index (κ1) is 16.9. The molecule has 1 aromatic carbocycles. The zero-order valence-corrected chi connectivity index (χ0v) is 16.4. The van der Waals surface area contributed by atoms with E-state index in [-0.39, 0.29) is 5.56 Å². The van der Waals surface area contributed by atoms with Crippen LogP contribution in [0, 0.1) is 0 Å². The third kappa shape index (κ3) is 2.77. The van der Waals surface area contributed by atoms with Crippen molar-refractivity contribution < 1.29 is 4.74 Å². The van der Waals surface area contributed by atoms with Crippen LogP contribution in [0.1, 0.15) is 0 Å². The summed E-state index contributed by atoms with van der Waals surface area (Å²) in [5, 5.41) is 1.58. The van der Waals surface area contributed by atoms with Gasteiger partial charge in [0, 0.05) is 42.2 Å². The van der Waals surface area contributed by atoms with Gasteiger partial charge in [-0.05, 0) is 24.3 Å². The lowest BCUT2D eigenvalue weighted by molar-refractivity contribution is 0.0364. The van der Waals surface area contributed by atoms with Gasteiger partial charge in [-0.25, -0.2) is 4.98 Å². The van der Waals surface area contributed by atoms with Crippen molar-refractivity contribution in [3.63, 3.8) is 0 Å². The third-order valence-corrected chi connectivity index (χ3v) is 5.89. The van der Waals surface area contributed by atoms with Gasteiger partial charge < -0.3 is 4.74 Å². The molecule has 0 amide bonds. The smallest absolute Gasteiger partial charge is 0.260 e. The molecule has 7 heteroatoms. The van der Waals surface area contributed by atoms with E-state index in [4.69, 9.17) is 9.72 Å². The van der Waals surface area contributed by atoms with E-state index in [2.05, 4.69) is 20.8 Å². The highest BCUT2D eigenvalue weighted by molar-refractivity contribution is 9.10. The quantitative estimate of drug-likeness (QED) is 0.505. The van der Waals surface area contributed by atoms with Crippen LogP contribution in [0.2, 0.25) is 0 Å². The summed E-state index contributed by atoms with van der Waals surface area (Å²) in [5.41, 5.74) is 2.57. The normalized spacial score (nSPS) is 15.9. The van der Waals surface area contributed by atoms with Crippen LogP contribution in [0.15, 0.2) is 51.9 Å². The highest BCUT2D eigenvalue weighted by atomic mass is 79.9. The minimum Gasteiger partial charge on any atom is -0.379 e. The standard InChI is InChI=1S/C20H19BrN4O2/c21-15-5-3-4-14-17(15)18-19(24-7-2-1-6-16(24)22-18)25(20(14)26)9-8-23-10-12-27-13-11-23/h1-7H,8-13H2. The number of hydrogen-bond donors (Lipinski definition) is 0. The number of benzene rings is 1. The number of morpholine rings is 1. The van der Waals surface area contributed by atoms with Gasteiger partial charge in [-0.3, -0.25) is 18.7 Å². The van der Waals surface area contributed by atoms with E-state index in [0.717, 1.165) is 59.5 Å². The highest BCUT2D eigenvalue weighted by Gasteiger charge is 2.19. The number of hydrogen-bond acceptors (Lipinski definition) is 4. The number of pyridine rings is 2. The second kappa shape index (κ2) is 6.74. The van der Waals surface area contributed by atoms with Crippen LogP contribution in [-0.4, -0.2) is 51.7 Å². The number of fused-ring (bicyclic) bond motifs is 5. The van der Waals surface area contributed by atoms with Crippen LogP contribution in [-0.2, 0) is 11.3 Å². The Hall–Kier alpha value is -2.22. The minimum atomic E-state index is 0.0257. The molecule has 4 aromatic rings. The molecule has 1 aliphatic rings. The van der Waals surface area contributed by atoms with Crippen molar-refractivity contribution in [1.29, 1.82) is 0 Å². The Balaban J connectivity index is 1.76. The van der Waals surface area contributed by atoms with Crippen molar-refractivity contribution in [3.05, 3.63) is 57.4 Å². The van der Waals surface area contributed by atoms with E-state index in [1.165, 1.54) is 0 Å². The van der Waals surface area contributed by atoms with Crippen LogP contribution in [0.4, 0.5) is 0 Å². The number of aromatic nitrogens is 3. The van der Waals surface area contributed by atoms with E-state index >= 15 is 0 Å². The Morgan fingerprint density at radius 2 is 1.93 bits per heavy atom. The topological polar surface area (TPSA) is 51.8 Å². The van der Waals surface area contributed by atoms with Crippen LogP contribution in [0.25, 0.3) is 27.6 Å². The molecular formula is C20H19BrN4O2. The lowest BCUT2D eigenvalue weighted by Crippen LogP contribution is -2.39. The van der Waals surface area contributed by atoms with Crippen LogP contribution in [0.5, 0.6) is 0 Å². The second-order valence-electron chi connectivity index (χ2n) is 6.79. The van der Waals surface area contributed by atoms with Crippen molar-refractivity contribution in [1.82, 2.24) is 18.9 Å². The molecule has 6 nitrogen and oxygen atoms in total. The lowest BCUT2D eigenvalue weighted by Gasteiger charge is -2.26. The summed E-state index contributed by atoms with van der Waals surface area (Å²) in [6, 6.07) is 11.7. The van der Waals surface area contributed by atoms with Gasteiger partial charge in [-0.2, -0.15) is 0 Å².